The number of anilines is 2. The summed E-state index contributed by atoms with van der Waals surface area (Å²) in [5.41, 5.74) is 3.23. The minimum absolute atomic E-state index is 0.0205. The zero-order valence-corrected chi connectivity index (χ0v) is 28.2. The van der Waals surface area contributed by atoms with E-state index in [9.17, 15) is 26.4 Å². The lowest BCUT2D eigenvalue weighted by atomic mass is 9.86. The molecule has 0 aliphatic carbocycles. The van der Waals surface area contributed by atoms with Gasteiger partial charge in [-0.1, -0.05) is 45.0 Å². The second-order valence-electron chi connectivity index (χ2n) is 12.4. The Morgan fingerprint density at radius 2 is 1.26 bits per heavy atom. The first-order chi connectivity index (χ1) is 21.5. The largest absolute Gasteiger partial charge is 0.464 e. The van der Waals surface area contributed by atoms with E-state index in [2.05, 4.69) is 20.8 Å². The fourth-order valence-electron chi connectivity index (χ4n) is 5.12. The number of sulfonamides is 2. The van der Waals surface area contributed by atoms with Crippen molar-refractivity contribution in [2.24, 2.45) is 0 Å². The number of rotatable bonds is 9. The third-order valence-electron chi connectivity index (χ3n) is 8.14. The standard InChI is InChI=1S/C34H36N2O8S2/c1-34(2,3)24-11-9-22(10-12-24)29-21-44-31-19-26(14-16-28(31)33(29)38)36(5)46(41,42)17-7-8-23-20-43-30-18-25(35(4)45(6,39)40)13-15-27(30)32(23)37/h9-16,18-21H,7-8,17H2,1-6H3. The van der Waals surface area contributed by atoms with Crippen molar-refractivity contribution in [1.82, 2.24) is 0 Å². The SMILES string of the molecule is CN(c1ccc2c(=O)c(CCCS(=O)(=O)N(C)c3ccc4c(=O)c(-c5ccc(C(C)(C)C)cc5)coc4c3)coc2c1)S(C)(=O)=O. The van der Waals surface area contributed by atoms with Crippen LogP contribution in [0.4, 0.5) is 11.4 Å². The lowest BCUT2D eigenvalue weighted by Crippen LogP contribution is -2.29. The molecule has 0 amide bonds. The van der Waals surface area contributed by atoms with Gasteiger partial charge in [0.2, 0.25) is 20.0 Å². The van der Waals surface area contributed by atoms with Crippen LogP contribution in [0.5, 0.6) is 0 Å². The Balaban J connectivity index is 1.30. The average molecular weight is 665 g/mol. The molecular formula is C34H36N2O8S2. The zero-order valence-electron chi connectivity index (χ0n) is 26.5. The Hall–Kier alpha value is -4.42. The van der Waals surface area contributed by atoms with Crippen molar-refractivity contribution < 1.29 is 25.7 Å². The van der Waals surface area contributed by atoms with Gasteiger partial charge in [0.15, 0.2) is 10.9 Å². The Bertz CT molecular complexity index is 2280. The molecule has 0 radical (unpaired) electrons. The van der Waals surface area contributed by atoms with Gasteiger partial charge in [-0.15, -0.1) is 0 Å². The van der Waals surface area contributed by atoms with Crippen LogP contribution in [0.2, 0.25) is 0 Å². The van der Waals surface area contributed by atoms with Crippen LogP contribution in [-0.2, 0) is 31.9 Å². The van der Waals surface area contributed by atoms with E-state index in [0.717, 1.165) is 26.0 Å². The molecule has 242 valence electrons. The molecule has 3 aromatic carbocycles. The average Bonchev–Trinajstić information content (AvgIpc) is 3.00. The van der Waals surface area contributed by atoms with E-state index in [1.165, 1.54) is 50.9 Å². The predicted molar refractivity (Wildman–Crippen MR) is 183 cm³/mol. The number of hydrogen-bond acceptors (Lipinski definition) is 8. The van der Waals surface area contributed by atoms with Gasteiger partial charge in [0.1, 0.15) is 17.4 Å². The summed E-state index contributed by atoms with van der Waals surface area (Å²) in [6.45, 7) is 6.35. The zero-order chi connectivity index (χ0) is 33.6. The minimum atomic E-state index is -3.80. The first-order valence-corrected chi connectivity index (χ1v) is 18.0. The van der Waals surface area contributed by atoms with Crippen molar-refractivity contribution in [2.75, 3.05) is 34.7 Å². The highest BCUT2D eigenvalue weighted by atomic mass is 32.2. The molecule has 10 nitrogen and oxygen atoms in total. The molecule has 0 saturated heterocycles. The summed E-state index contributed by atoms with van der Waals surface area (Å²) in [7, 11) is -4.46. The smallest absolute Gasteiger partial charge is 0.234 e. The lowest BCUT2D eigenvalue weighted by Gasteiger charge is -2.20. The molecule has 0 fully saturated rings. The Morgan fingerprint density at radius 1 is 0.717 bits per heavy atom. The summed E-state index contributed by atoms with van der Waals surface area (Å²) >= 11 is 0. The maximum Gasteiger partial charge on any atom is 0.234 e. The number of aryl methyl sites for hydroxylation is 1. The molecule has 0 aliphatic rings. The summed E-state index contributed by atoms with van der Waals surface area (Å²) < 4.78 is 63.8. The molecule has 46 heavy (non-hydrogen) atoms. The van der Waals surface area contributed by atoms with Crippen LogP contribution in [0.3, 0.4) is 0 Å². The van der Waals surface area contributed by atoms with Crippen LogP contribution in [0.1, 0.15) is 38.3 Å². The van der Waals surface area contributed by atoms with E-state index in [-0.39, 0.29) is 51.4 Å². The van der Waals surface area contributed by atoms with Crippen molar-refractivity contribution in [3.8, 4) is 11.1 Å². The van der Waals surface area contributed by atoms with Crippen LogP contribution in [0.25, 0.3) is 33.1 Å². The summed E-state index contributed by atoms with van der Waals surface area (Å²) in [6.07, 6.45) is 4.06. The normalized spacial score (nSPS) is 12.5. The number of fused-ring (bicyclic) bond motifs is 2. The molecule has 5 aromatic rings. The minimum Gasteiger partial charge on any atom is -0.464 e. The summed E-state index contributed by atoms with van der Waals surface area (Å²) in [6, 6.07) is 16.9. The molecule has 0 unspecified atom stereocenters. The molecule has 2 aromatic heterocycles. The van der Waals surface area contributed by atoms with Crippen LogP contribution in [-0.4, -0.2) is 42.9 Å². The second kappa shape index (κ2) is 12.1. The fourth-order valence-corrected chi connectivity index (χ4v) is 6.84. The third-order valence-corrected chi connectivity index (χ3v) is 11.2. The molecule has 0 atom stereocenters. The van der Waals surface area contributed by atoms with Gasteiger partial charge in [-0.3, -0.25) is 18.2 Å². The van der Waals surface area contributed by atoms with Crippen LogP contribution < -0.4 is 19.5 Å². The third kappa shape index (κ3) is 6.59. The number of benzene rings is 3. The van der Waals surface area contributed by atoms with Crippen LogP contribution in [0.15, 0.2) is 91.6 Å². The molecular weight excluding hydrogens is 629 g/mol. The molecule has 0 saturated carbocycles. The van der Waals surface area contributed by atoms with E-state index in [0.29, 0.717) is 27.9 Å². The topological polar surface area (TPSA) is 135 Å². The van der Waals surface area contributed by atoms with Gasteiger partial charge in [0, 0.05) is 31.8 Å². The molecule has 12 heteroatoms. The highest BCUT2D eigenvalue weighted by Gasteiger charge is 2.21. The van der Waals surface area contributed by atoms with Gasteiger partial charge >= 0.3 is 0 Å². The van der Waals surface area contributed by atoms with E-state index in [4.69, 9.17) is 8.83 Å². The molecule has 2 heterocycles. The summed E-state index contributed by atoms with van der Waals surface area (Å²) in [5, 5.41) is 0.607. The van der Waals surface area contributed by atoms with E-state index in [1.54, 1.807) is 12.1 Å². The van der Waals surface area contributed by atoms with Gasteiger partial charge in [-0.2, -0.15) is 0 Å². The molecule has 0 bridgehead atoms. The van der Waals surface area contributed by atoms with Crippen molar-refractivity contribution in [3.05, 3.63) is 105 Å². The quantitative estimate of drug-likeness (QED) is 0.197. The summed E-state index contributed by atoms with van der Waals surface area (Å²) in [5.74, 6) is -0.245. The maximum absolute atomic E-state index is 13.3. The van der Waals surface area contributed by atoms with Crippen molar-refractivity contribution in [3.63, 3.8) is 0 Å². The maximum atomic E-state index is 13.3. The van der Waals surface area contributed by atoms with Gasteiger partial charge < -0.3 is 8.83 Å². The molecule has 0 aliphatic heterocycles. The predicted octanol–water partition coefficient (Wildman–Crippen LogP) is 5.66. The van der Waals surface area contributed by atoms with Crippen LogP contribution >= 0.6 is 0 Å². The molecule has 0 spiro atoms. The van der Waals surface area contributed by atoms with E-state index < -0.39 is 20.0 Å². The highest BCUT2D eigenvalue weighted by Crippen LogP contribution is 2.28. The fraction of sp³-hybridized carbons (Fsp3) is 0.294. The van der Waals surface area contributed by atoms with Crippen molar-refractivity contribution in [1.29, 1.82) is 0 Å². The number of hydrogen-bond donors (Lipinski definition) is 0. The number of nitrogens with zero attached hydrogens (tertiary/aromatic N) is 2. The van der Waals surface area contributed by atoms with Gasteiger partial charge in [-0.05, 0) is 53.6 Å². The Kier molecular flexibility index (Phi) is 8.65. The first-order valence-electron chi connectivity index (χ1n) is 14.6. The molecule has 0 N–H and O–H groups in total. The first kappa shape index (κ1) is 33.0. The van der Waals surface area contributed by atoms with Crippen molar-refractivity contribution in [2.45, 2.75) is 39.0 Å². The van der Waals surface area contributed by atoms with Crippen LogP contribution in [0, 0.1) is 0 Å². The van der Waals surface area contributed by atoms with E-state index in [1.807, 2.05) is 24.3 Å². The lowest BCUT2D eigenvalue weighted by molar-refractivity contribution is 0.583. The highest BCUT2D eigenvalue weighted by molar-refractivity contribution is 7.92. The Labute approximate surface area is 268 Å². The van der Waals surface area contributed by atoms with Gasteiger partial charge in [-0.25, -0.2) is 16.8 Å². The van der Waals surface area contributed by atoms with Gasteiger partial charge in [0.25, 0.3) is 0 Å². The van der Waals surface area contributed by atoms with Crippen molar-refractivity contribution >= 4 is 53.4 Å². The monoisotopic (exact) mass is 664 g/mol. The van der Waals surface area contributed by atoms with E-state index >= 15 is 0 Å². The molecule has 5 rings (SSSR count). The Morgan fingerprint density at radius 3 is 1.83 bits per heavy atom. The van der Waals surface area contributed by atoms with Gasteiger partial charge in [0.05, 0.1) is 46.0 Å². The summed E-state index contributed by atoms with van der Waals surface area (Å²) in [4.78, 5) is 26.4. The second-order valence-corrected chi connectivity index (χ2v) is 16.5.